The van der Waals surface area contributed by atoms with Gasteiger partial charge in [-0.2, -0.15) is 0 Å². The highest BCUT2D eigenvalue weighted by atomic mass is 19.1. The van der Waals surface area contributed by atoms with Crippen LogP contribution in [0.1, 0.15) is 13.9 Å². The molecule has 0 saturated heterocycles. The number of hydrogen-bond donors (Lipinski definition) is 1. The normalized spacial score (nSPS) is 9.69. The molecule has 0 aromatic heterocycles. The van der Waals surface area contributed by atoms with E-state index < -0.39 is 5.82 Å². The number of ether oxygens (including phenoxy) is 1. The van der Waals surface area contributed by atoms with E-state index in [0.717, 1.165) is 5.56 Å². The lowest BCUT2D eigenvalue weighted by Crippen LogP contribution is -2.07. The van der Waals surface area contributed by atoms with Crippen LogP contribution in [0.5, 0.6) is 5.75 Å². The Hall–Kier alpha value is -1.61. The molecule has 1 aromatic rings. The van der Waals surface area contributed by atoms with Crippen LogP contribution in [0.2, 0.25) is 0 Å². The van der Waals surface area contributed by atoms with E-state index in [-0.39, 0.29) is 7.18 Å². The monoisotopic (exact) mass is 225 g/mol. The zero-order chi connectivity index (χ0) is 12.0. The van der Waals surface area contributed by atoms with Gasteiger partial charge in [-0.1, -0.05) is 18.4 Å². The van der Waals surface area contributed by atoms with E-state index >= 15 is 0 Å². The minimum atomic E-state index is -0.438. The Morgan fingerprint density at radius 1 is 1.62 bits per heavy atom. The van der Waals surface area contributed by atoms with Gasteiger partial charge >= 0.3 is 0 Å². The third kappa shape index (κ3) is 3.51. The van der Waals surface area contributed by atoms with Gasteiger partial charge < -0.3 is 4.74 Å². The van der Waals surface area contributed by atoms with E-state index in [1.807, 2.05) is 0 Å². The summed E-state index contributed by atoms with van der Waals surface area (Å²) in [4.78, 5) is 4.93. The number of halogens is 1. The van der Waals surface area contributed by atoms with Crippen molar-refractivity contribution in [3.8, 4) is 5.75 Å². The molecule has 0 saturated carbocycles. The molecule has 0 amide bonds. The van der Waals surface area contributed by atoms with Gasteiger partial charge in [0.15, 0.2) is 11.6 Å². The maximum Gasteiger partial charge on any atom is 0.166 e. The average molecular weight is 225 g/mol. The number of allylic oxidation sites excluding steroid dienone is 1. The molecule has 88 valence electrons. The standard InChI is InChI=1S/C12H14FNO2.H2/c1-4-9(2)16-12-6-5-10(7-11(12)13)8-15-14-3;/h5-7,14H,1,8H2,2-3H3;1H. The second kappa shape index (κ2) is 6.08. The number of hydrogen-bond acceptors (Lipinski definition) is 3. The summed E-state index contributed by atoms with van der Waals surface area (Å²) < 4.78 is 18.7. The average Bonchev–Trinajstić information content (AvgIpc) is 2.29. The van der Waals surface area contributed by atoms with Crippen LogP contribution in [0.3, 0.4) is 0 Å². The fraction of sp³-hybridized carbons (Fsp3) is 0.250. The quantitative estimate of drug-likeness (QED) is 0.475. The number of nitrogens with one attached hydrogen (secondary N) is 1. The largest absolute Gasteiger partial charge is 0.451 e. The highest BCUT2D eigenvalue weighted by Gasteiger charge is 2.05. The second-order valence-corrected chi connectivity index (χ2v) is 3.09. The van der Waals surface area contributed by atoms with Crippen molar-refractivity contribution in [2.24, 2.45) is 0 Å². The zero-order valence-electron chi connectivity index (χ0n) is 9.34. The van der Waals surface area contributed by atoms with Gasteiger partial charge in [0.1, 0.15) is 5.76 Å². The lowest BCUT2D eigenvalue weighted by molar-refractivity contribution is 0.0443. The molecule has 1 N–H and O–H groups in total. The molecule has 1 aromatic carbocycles. The summed E-state index contributed by atoms with van der Waals surface area (Å²) in [6.07, 6.45) is 0. The lowest BCUT2D eigenvalue weighted by atomic mass is 10.2. The SMILES string of the molecule is C=C=C(C)Oc1ccc(CONC)cc1F.[HH]. The van der Waals surface area contributed by atoms with Gasteiger partial charge in [0.05, 0.1) is 6.61 Å². The summed E-state index contributed by atoms with van der Waals surface area (Å²) in [5.74, 6) is 0.145. The summed E-state index contributed by atoms with van der Waals surface area (Å²) in [6.45, 7) is 5.36. The molecule has 0 heterocycles. The van der Waals surface area contributed by atoms with Crippen molar-refractivity contribution in [1.82, 2.24) is 5.48 Å². The summed E-state index contributed by atoms with van der Waals surface area (Å²) in [7, 11) is 1.64. The molecule has 0 aliphatic rings. The third-order valence-electron chi connectivity index (χ3n) is 1.89. The predicted octanol–water partition coefficient (Wildman–Crippen LogP) is 2.79. The Labute approximate surface area is 95.6 Å². The van der Waals surface area contributed by atoms with Crippen molar-refractivity contribution < 1.29 is 15.4 Å². The van der Waals surface area contributed by atoms with Crippen LogP contribution in [0.25, 0.3) is 0 Å². The third-order valence-corrected chi connectivity index (χ3v) is 1.89. The Morgan fingerprint density at radius 2 is 2.38 bits per heavy atom. The van der Waals surface area contributed by atoms with Crippen molar-refractivity contribution in [3.63, 3.8) is 0 Å². The highest BCUT2D eigenvalue weighted by Crippen LogP contribution is 2.20. The number of hydroxylamine groups is 1. The van der Waals surface area contributed by atoms with Crippen LogP contribution >= 0.6 is 0 Å². The van der Waals surface area contributed by atoms with Crippen LogP contribution in [0.15, 0.2) is 36.3 Å². The second-order valence-electron chi connectivity index (χ2n) is 3.09. The van der Waals surface area contributed by atoms with E-state index in [2.05, 4.69) is 17.8 Å². The van der Waals surface area contributed by atoms with Crippen molar-refractivity contribution in [1.29, 1.82) is 0 Å². The minimum absolute atomic E-state index is 0. The van der Waals surface area contributed by atoms with Gasteiger partial charge in [-0.05, 0) is 17.7 Å². The molecular formula is C12H16FNO2. The molecule has 0 unspecified atom stereocenters. The summed E-state index contributed by atoms with van der Waals surface area (Å²) in [6, 6.07) is 4.64. The van der Waals surface area contributed by atoms with Crippen LogP contribution in [0, 0.1) is 5.82 Å². The lowest BCUT2D eigenvalue weighted by Gasteiger charge is -2.07. The van der Waals surface area contributed by atoms with Crippen molar-refractivity contribution >= 4 is 0 Å². The molecule has 0 bridgehead atoms. The van der Waals surface area contributed by atoms with Crippen molar-refractivity contribution in [2.75, 3.05) is 7.05 Å². The maximum atomic E-state index is 13.5. The molecule has 0 fully saturated rings. The van der Waals surface area contributed by atoms with E-state index in [9.17, 15) is 4.39 Å². The van der Waals surface area contributed by atoms with Crippen molar-refractivity contribution in [2.45, 2.75) is 13.5 Å². The zero-order valence-corrected chi connectivity index (χ0v) is 9.34. The fourth-order valence-corrected chi connectivity index (χ4v) is 1.07. The minimum Gasteiger partial charge on any atom is -0.451 e. The molecule has 16 heavy (non-hydrogen) atoms. The van der Waals surface area contributed by atoms with Crippen LogP contribution < -0.4 is 10.2 Å². The molecule has 0 aliphatic carbocycles. The Balaban J connectivity index is 0.00000256. The molecule has 4 heteroatoms. The van der Waals surface area contributed by atoms with Crippen LogP contribution in [-0.2, 0) is 11.4 Å². The van der Waals surface area contributed by atoms with Crippen molar-refractivity contribution in [3.05, 3.63) is 47.6 Å². The highest BCUT2D eigenvalue weighted by molar-refractivity contribution is 5.30. The molecule has 0 spiro atoms. The van der Waals surface area contributed by atoms with E-state index in [1.54, 1.807) is 26.1 Å². The number of rotatable bonds is 5. The Morgan fingerprint density at radius 3 is 2.94 bits per heavy atom. The van der Waals surface area contributed by atoms with Gasteiger partial charge in [-0.3, -0.25) is 4.84 Å². The van der Waals surface area contributed by atoms with Gasteiger partial charge in [0, 0.05) is 15.4 Å². The van der Waals surface area contributed by atoms with Gasteiger partial charge in [-0.15, -0.1) is 0 Å². The molecule has 3 nitrogen and oxygen atoms in total. The van der Waals surface area contributed by atoms with E-state index in [4.69, 9.17) is 9.57 Å². The van der Waals surface area contributed by atoms with E-state index in [0.29, 0.717) is 12.4 Å². The molecule has 0 radical (unpaired) electrons. The fourth-order valence-electron chi connectivity index (χ4n) is 1.07. The van der Waals surface area contributed by atoms with Crippen LogP contribution in [0.4, 0.5) is 4.39 Å². The maximum absolute atomic E-state index is 13.5. The molecule has 0 aliphatic heterocycles. The topological polar surface area (TPSA) is 30.5 Å². The number of benzene rings is 1. The van der Waals surface area contributed by atoms with E-state index in [1.165, 1.54) is 6.07 Å². The first-order chi connectivity index (χ1) is 7.67. The smallest absolute Gasteiger partial charge is 0.166 e. The first kappa shape index (κ1) is 12.5. The first-order valence-corrected chi connectivity index (χ1v) is 4.79. The van der Waals surface area contributed by atoms with Gasteiger partial charge in [-0.25, -0.2) is 9.87 Å². The summed E-state index contributed by atoms with van der Waals surface area (Å²) in [5, 5.41) is 0. The molecular weight excluding hydrogens is 209 g/mol. The summed E-state index contributed by atoms with van der Waals surface area (Å²) in [5.41, 5.74) is 5.77. The van der Waals surface area contributed by atoms with Gasteiger partial charge in [0.2, 0.25) is 0 Å². The molecule has 0 atom stereocenters. The summed E-state index contributed by atoms with van der Waals surface area (Å²) >= 11 is 0. The van der Waals surface area contributed by atoms with Gasteiger partial charge in [0.25, 0.3) is 0 Å². The Kier molecular flexibility index (Phi) is 4.73. The van der Waals surface area contributed by atoms with Crippen LogP contribution in [-0.4, -0.2) is 7.05 Å². The predicted molar refractivity (Wildman–Crippen MR) is 61.3 cm³/mol. The first-order valence-electron chi connectivity index (χ1n) is 4.79. The molecule has 1 rings (SSSR count). The Bertz CT molecular complexity index is 417.